The fourth-order valence-corrected chi connectivity index (χ4v) is 1.43. The molecule has 0 spiro atoms. The van der Waals surface area contributed by atoms with Crippen molar-refractivity contribution in [2.45, 2.75) is 26.4 Å². The molecule has 1 N–H and O–H groups in total. The first-order valence-corrected chi connectivity index (χ1v) is 5.22. The van der Waals surface area contributed by atoms with Crippen LogP contribution in [0.3, 0.4) is 0 Å². The van der Waals surface area contributed by atoms with Crippen molar-refractivity contribution in [3.63, 3.8) is 0 Å². The number of aromatic nitrogens is 2. The summed E-state index contributed by atoms with van der Waals surface area (Å²) in [7, 11) is 1.87. The molecule has 1 aromatic rings. The summed E-state index contributed by atoms with van der Waals surface area (Å²) >= 11 is 1.36. The van der Waals surface area contributed by atoms with Gasteiger partial charge in [0.25, 0.3) is 0 Å². The first kappa shape index (κ1) is 10.4. The van der Waals surface area contributed by atoms with Crippen LogP contribution in [-0.4, -0.2) is 23.2 Å². The molecule has 1 rings (SSSR count). The summed E-state index contributed by atoms with van der Waals surface area (Å²) in [6.07, 6.45) is 2.26. The predicted molar refractivity (Wildman–Crippen MR) is 54.0 cm³/mol. The van der Waals surface area contributed by atoms with Gasteiger partial charge in [0.05, 0.1) is 6.61 Å². The molecule has 4 nitrogen and oxygen atoms in total. The molecule has 0 unspecified atom stereocenters. The molecule has 0 saturated heterocycles. The van der Waals surface area contributed by atoms with Crippen LogP contribution in [0.4, 0.5) is 5.00 Å². The topological polar surface area (TPSA) is 47.0 Å². The summed E-state index contributed by atoms with van der Waals surface area (Å²) in [5.41, 5.74) is 0.906. The van der Waals surface area contributed by atoms with Crippen molar-refractivity contribution in [3.8, 4) is 0 Å². The number of anilines is 1. The zero-order valence-electron chi connectivity index (χ0n) is 8.04. The van der Waals surface area contributed by atoms with Gasteiger partial charge in [0.2, 0.25) is 0 Å². The molecule has 0 bridgehead atoms. The molecule has 0 aromatic carbocycles. The SMILES string of the molecule is CCCCOCc1nnsc1NC. The maximum Gasteiger partial charge on any atom is 0.135 e. The lowest BCUT2D eigenvalue weighted by Gasteiger charge is -2.01. The van der Waals surface area contributed by atoms with Gasteiger partial charge in [-0.2, -0.15) is 0 Å². The number of ether oxygens (including phenoxy) is 1. The number of rotatable bonds is 6. The zero-order valence-corrected chi connectivity index (χ0v) is 8.86. The van der Waals surface area contributed by atoms with E-state index in [1.54, 1.807) is 0 Å². The van der Waals surface area contributed by atoms with Crippen LogP contribution in [0.15, 0.2) is 0 Å². The highest BCUT2D eigenvalue weighted by molar-refractivity contribution is 7.10. The average Bonchev–Trinajstić information content (AvgIpc) is 2.60. The van der Waals surface area contributed by atoms with Gasteiger partial charge >= 0.3 is 0 Å². The van der Waals surface area contributed by atoms with Crippen molar-refractivity contribution in [2.24, 2.45) is 0 Å². The summed E-state index contributed by atoms with van der Waals surface area (Å²) in [6, 6.07) is 0. The van der Waals surface area contributed by atoms with Crippen LogP contribution in [0.1, 0.15) is 25.5 Å². The third-order valence-corrected chi connectivity index (χ3v) is 2.45. The molecule has 0 atom stereocenters. The summed E-state index contributed by atoms with van der Waals surface area (Å²) in [5, 5.41) is 7.99. The summed E-state index contributed by atoms with van der Waals surface area (Å²) in [6.45, 7) is 3.51. The van der Waals surface area contributed by atoms with Gasteiger partial charge in [-0.05, 0) is 6.42 Å². The molecule has 0 aliphatic carbocycles. The lowest BCUT2D eigenvalue weighted by Crippen LogP contribution is -1.98. The van der Waals surface area contributed by atoms with Crippen molar-refractivity contribution < 1.29 is 4.74 Å². The number of unbranched alkanes of at least 4 members (excludes halogenated alkanes) is 1. The van der Waals surface area contributed by atoms with Crippen molar-refractivity contribution in [2.75, 3.05) is 19.0 Å². The second-order valence-corrected chi connectivity index (χ2v) is 3.46. The Bertz CT molecular complexity index is 239. The molecular weight excluding hydrogens is 186 g/mol. The maximum atomic E-state index is 5.43. The Balaban J connectivity index is 2.27. The Hall–Kier alpha value is -0.680. The standard InChI is InChI=1S/C8H15N3OS/c1-3-4-5-12-6-7-8(9-2)13-11-10-7/h9H,3-6H2,1-2H3. The predicted octanol–water partition coefficient (Wildman–Crippen LogP) is 1.90. The van der Waals surface area contributed by atoms with Crippen LogP contribution < -0.4 is 5.32 Å². The van der Waals surface area contributed by atoms with Crippen molar-refractivity contribution in [1.29, 1.82) is 0 Å². The number of hydrogen-bond acceptors (Lipinski definition) is 5. The Morgan fingerprint density at radius 2 is 2.38 bits per heavy atom. The fraction of sp³-hybridized carbons (Fsp3) is 0.750. The van der Waals surface area contributed by atoms with E-state index in [0.29, 0.717) is 6.61 Å². The molecular formula is C8H15N3OS. The third kappa shape index (κ3) is 3.28. The van der Waals surface area contributed by atoms with Gasteiger partial charge in [-0.15, -0.1) is 5.10 Å². The Kier molecular flexibility index (Phi) is 4.70. The smallest absolute Gasteiger partial charge is 0.135 e. The minimum atomic E-state index is 0.562. The van der Waals surface area contributed by atoms with Gasteiger partial charge in [0.1, 0.15) is 10.7 Å². The van der Waals surface area contributed by atoms with Gasteiger partial charge in [0.15, 0.2) is 0 Å². The average molecular weight is 201 g/mol. The van der Waals surface area contributed by atoms with Crippen molar-refractivity contribution in [1.82, 2.24) is 9.59 Å². The number of hydrogen-bond donors (Lipinski definition) is 1. The quantitative estimate of drug-likeness (QED) is 0.714. The monoisotopic (exact) mass is 201 g/mol. The van der Waals surface area contributed by atoms with Gasteiger partial charge in [-0.25, -0.2) is 0 Å². The van der Waals surface area contributed by atoms with Crippen molar-refractivity contribution >= 4 is 16.5 Å². The second-order valence-electron chi connectivity index (χ2n) is 2.70. The molecule has 0 aliphatic heterocycles. The Labute approximate surface area is 82.5 Å². The molecule has 0 radical (unpaired) electrons. The van der Waals surface area contributed by atoms with Gasteiger partial charge in [-0.3, -0.25) is 0 Å². The maximum absolute atomic E-state index is 5.43. The van der Waals surface area contributed by atoms with Gasteiger partial charge in [0, 0.05) is 25.2 Å². The van der Waals surface area contributed by atoms with E-state index in [2.05, 4.69) is 21.8 Å². The zero-order chi connectivity index (χ0) is 9.52. The molecule has 1 heterocycles. The van der Waals surface area contributed by atoms with Crippen LogP contribution in [0.2, 0.25) is 0 Å². The van der Waals surface area contributed by atoms with Crippen LogP contribution in [0, 0.1) is 0 Å². The molecule has 74 valence electrons. The summed E-state index contributed by atoms with van der Waals surface area (Å²) in [5.74, 6) is 0. The summed E-state index contributed by atoms with van der Waals surface area (Å²) in [4.78, 5) is 0. The molecule has 1 aromatic heterocycles. The molecule has 0 fully saturated rings. The molecule has 13 heavy (non-hydrogen) atoms. The number of nitrogens with zero attached hydrogens (tertiary/aromatic N) is 2. The largest absolute Gasteiger partial charge is 0.377 e. The minimum absolute atomic E-state index is 0.562. The van der Waals surface area contributed by atoms with Crippen LogP contribution >= 0.6 is 11.5 Å². The van der Waals surface area contributed by atoms with E-state index in [4.69, 9.17) is 4.74 Å². The normalized spacial score (nSPS) is 10.3. The second kappa shape index (κ2) is 5.88. The van der Waals surface area contributed by atoms with E-state index in [1.165, 1.54) is 11.5 Å². The first-order chi connectivity index (χ1) is 6.38. The van der Waals surface area contributed by atoms with Crippen LogP contribution in [0.25, 0.3) is 0 Å². The lowest BCUT2D eigenvalue weighted by atomic mass is 10.4. The van der Waals surface area contributed by atoms with E-state index in [9.17, 15) is 0 Å². The highest BCUT2D eigenvalue weighted by Crippen LogP contribution is 2.17. The van der Waals surface area contributed by atoms with Gasteiger partial charge < -0.3 is 10.1 Å². The minimum Gasteiger partial charge on any atom is -0.377 e. The number of nitrogens with one attached hydrogen (secondary N) is 1. The van der Waals surface area contributed by atoms with Crippen molar-refractivity contribution in [3.05, 3.63) is 5.69 Å². The Morgan fingerprint density at radius 1 is 1.54 bits per heavy atom. The van der Waals surface area contributed by atoms with E-state index in [1.807, 2.05) is 7.05 Å². The van der Waals surface area contributed by atoms with E-state index in [-0.39, 0.29) is 0 Å². The Morgan fingerprint density at radius 3 is 3.08 bits per heavy atom. The third-order valence-electron chi connectivity index (χ3n) is 1.66. The van der Waals surface area contributed by atoms with Gasteiger partial charge in [-0.1, -0.05) is 17.8 Å². The van der Waals surface area contributed by atoms with Crippen LogP contribution in [-0.2, 0) is 11.3 Å². The first-order valence-electron chi connectivity index (χ1n) is 4.45. The molecule has 0 amide bonds. The lowest BCUT2D eigenvalue weighted by molar-refractivity contribution is 0.116. The highest BCUT2D eigenvalue weighted by Gasteiger charge is 2.04. The highest BCUT2D eigenvalue weighted by atomic mass is 32.1. The summed E-state index contributed by atoms with van der Waals surface area (Å²) < 4.78 is 9.27. The van der Waals surface area contributed by atoms with E-state index < -0.39 is 0 Å². The molecule has 0 aliphatic rings. The molecule has 0 saturated carbocycles. The molecule has 5 heteroatoms. The fourth-order valence-electron chi connectivity index (χ4n) is 0.908. The van der Waals surface area contributed by atoms with E-state index >= 15 is 0 Å². The van der Waals surface area contributed by atoms with Crippen LogP contribution in [0.5, 0.6) is 0 Å². The van der Waals surface area contributed by atoms with E-state index in [0.717, 1.165) is 30.1 Å².